The van der Waals surface area contributed by atoms with Gasteiger partial charge in [0.25, 0.3) is 0 Å². The molecular formula is C24H27ClN6. The minimum atomic E-state index is 0.515. The molecule has 6 nitrogen and oxygen atoms in total. The van der Waals surface area contributed by atoms with Crippen molar-refractivity contribution >= 4 is 39.8 Å². The van der Waals surface area contributed by atoms with E-state index in [-0.39, 0.29) is 0 Å². The summed E-state index contributed by atoms with van der Waals surface area (Å²) in [5, 5.41) is 5.06. The first-order valence-electron chi connectivity index (χ1n) is 10.2. The second-order valence-corrected chi connectivity index (χ2v) is 8.36. The number of aryl methyl sites for hydroxylation is 1. The largest absolute Gasteiger partial charge is 0.373 e. The molecule has 0 bridgehead atoms. The number of halogens is 1. The zero-order valence-corrected chi connectivity index (χ0v) is 19.1. The van der Waals surface area contributed by atoms with Gasteiger partial charge in [-0.2, -0.15) is 0 Å². The molecule has 0 fully saturated rings. The number of anilines is 3. The fraction of sp³-hybridized carbons (Fsp3) is 0.250. The third kappa shape index (κ3) is 4.65. The molecule has 2 heterocycles. The number of benzene rings is 2. The molecule has 0 aliphatic heterocycles. The zero-order chi connectivity index (χ0) is 22.0. The van der Waals surface area contributed by atoms with Gasteiger partial charge in [-0.25, -0.2) is 9.97 Å². The number of para-hydroxylation sites is 1. The van der Waals surface area contributed by atoms with Crippen LogP contribution in [-0.2, 0) is 7.05 Å². The van der Waals surface area contributed by atoms with Crippen LogP contribution in [0.5, 0.6) is 0 Å². The molecule has 0 aliphatic carbocycles. The lowest BCUT2D eigenvalue weighted by atomic mass is 10.1. The van der Waals surface area contributed by atoms with E-state index in [2.05, 4.69) is 70.2 Å². The van der Waals surface area contributed by atoms with Crippen LogP contribution in [0.3, 0.4) is 0 Å². The van der Waals surface area contributed by atoms with Gasteiger partial charge in [0.1, 0.15) is 0 Å². The summed E-state index contributed by atoms with van der Waals surface area (Å²) in [6, 6.07) is 16.2. The fourth-order valence-corrected chi connectivity index (χ4v) is 3.78. The third-order valence-corrected chi connectivity index (χ3v) is 5.66. The van der Waals surface area contributed by atoms with E-state index < -0.39 is 0 Å². The van der Waals surface area contributed by atoms with Gasteiger partial charge in [0.2, 0.25) is 5.95 Å². The SMILES string of the molecule is CN(C)CCN(C)c1ccc(Nc2nccc(-c3cn(C)c4ccccc34)n2)c(Cl)c1. The lowest BCUT2D eigenvalue weighted by Crippen LogP contribution is -2.28. The van der Waals surface area contributed by atoms with E-state index in [1.807, 2.05) is 37.4 Å². The van der Waals surface area contributed by atoms with E-state index in [9.17, 15) is 0 Å². The minimum Gasteiger partial charge on any atom is -0.373 e. The topological polar surface area (TPSA) is 49.2 Å². The Morgan fingerprint density at radius 1 is 1.03 bits per heavy atom. The molecule has 0 atom stereocenters. The monoisotopic (exact) mass is 434 g/mol. The third-order valence-electron chi connectivity index (χ3n) is 5.35. The Hall–Kier alpha value is -3.09. The van der Waals surface area contributed by atoms with Crippen molar-refractivity contribution in [3.8, 4) is 11.3 Å². The summed E-state index contributed by atoms with van der Waals surface area (Å²) in [6.45, 7) is 1.90. The number of aromatic nitrogens is 3. The molecule has 0 saturated heterocycles. The molecule has 160 valence electrons. The van der Waals surface area contributed by atoms with Gasteiger partial charge in [0.05, 0.1) is 16.4 Å². The number of fused-ring (bicyclic) bond motifs is 1. The van der Waals surface area contributed by atoms with E-state index >= 15 is 0 Å². The first-order chi connectivity index (χ1) is 14.9. The van der Waals surface area contributed by atoms with Crippen molar-refractivity contribution in [3.63, 3.8) is 0 Å². The molecule has 0 spiro atoms. The lowest BCUT2D eigenvalue weighted by Gasteiger charge is -2.22. The maximum Gasteiger partial charge on any atom is 0.227 e. The number of likely N-dealkylation sites (N-methyl/N-ethyl adjacent to an activating group) is 2. The Balaban J connectivity index is 1.57. The van der Waals surface area contributed by atoms with Crippen LogP contribution < -0.4 is 10.2 Å². The average Bonchev–Trinajstić information content (AvgIpc) is 3.10. The number of nitrogens with zero attached hydrogens (tertiary/aromatic N) is 5. The van der Waals surface area contributed by atoms with Crippen molar-refractivity contribution in [2.75, 3.05) is 44.4 Å². The summed E-state index contributed by atoms with van der Waals surface area (Å²) in [6.07, 6.45) is 3.87. The molecule has 0 saturated carbocycles. The van der Waals surface area contributed by atoms with Gasteiger partial charge in [-0.05, 0) is 44.4 Å². The van der Waals surface area contributed by atoms with Crippen LogP contribution >= 0.6 is 11.6 Å². The Morgan fingerprint density at radius 2 is 1.84 bits per heavy atom. The summed E-state index contributed by atoms with van der Waals surface area (Å²) >= 11 is 6.57. The molecule has 0 amide bonds. The second-order valence-electron chi connectivity index (χ2n) is 7.95. The summed E-state index contributed by atoms with van der Waals surface area (Å²) in [5.41, 5.74) is 4.96. The van der Waals surface area contributed by atoms with E-state index in [0.29, 0.717) is 11.0 Å². The fourth-order valence-electron chi connectivity index (χ4n) is 3.56. The van der Waals surface area contributed by atoms with Crippen LogP contribution in [0, 0.1) is 0 Å². The molecule has 4 aromatic rings. The standard InChI is InChI=1S/C24H27ClN6/c1-29(2)13-14-30(3)17-9-10-22(20(25)15-17)28-24-26-12-11-21(27-24)19-16-31(4)23-8-6-5-7-18(19)23/h5-12,15-16H,13-14H2,1-4H3,(H,26,27,28). The van der Waals surface area contributed by atoms with Crippen LogP contribution in [0.4, 0.5) is 17.3 Å². The van der Waals surface area contributed by atoms with Crippen molar-refractivity contribution in [2.24, 2.45) is 7.05 Å². The smallest absolute Gasteiger partial charge is 0.227 e. The van der Waals surface area contributed by atoms with Crippen LogP contribution in [0.25, 0.3) is 22.2 Å². The highest BCUT2D eigenvalue weighted by molar-refractivity contribution is 6.33. The minimum absolute atomic E-state index is 0.515. The van der Waals surface area contributed by atoms with Crippen molar-refractivity contribution in [1.29, 1.82) is 0 Å². The molecule has 0 unspecified atom stereocenters. The summed E-state index contributed by atoms with van der Waals surface area (Å²) in [4.78, 5) is 13.5. The second kappa shape index (κ2) is 8.96. The van der Waals surface area contributed by atoms with Crippen molar-refractivity contribution < 1.29 is 0 Å². The van der Waals surface area contributed by atoms with E-state index in [4.69, 9.17) is 16.6 Å². The highest BCUT2D eigenvalue weighted by Gasteiger charge is 2.12. The van der Waals surface area contributed by atoms with Gasteiger partial charge < -0.3 is 19.7 Å². The van der Waals surface area contributed by atoms with E-state index in [0.717, 1.165) is 41.1 Å². The Morgan fingerprint density at radius 3 is 2.61 bits per heavy atom. The first kappa shape index (κ1) is 21.2. The van der Waals surface area contributed by atoms with Crippen LogP contribution in [0.2, 0.25) is 5.02 Å². The van der Waals surface area contributed by atoms with E-state index in [1.165, 1.54) is 5.52 Å². The van der Waals surface area contributed by atoms with Gasteiger partial charge in [-0.15, -0.1) is 0 Å². The van der Waals surface area contributed by atoms with Crippen molar-refractivity contribution in [2.45, 2.75) is 0 Å². The van der Waals surface area contributed by atoms with Crippen LogP contribution in [-0.4, -0.2) is 53.7 Å². The van der Waals surface area contributed by atoms with Crippen LogP contribution in [0.15, 0.2) is 60.9 Å². The summed E-state index contributed by atoms with van der Waals surface area (Å²) < 4.78 is 2.11. The van der Waals surface area contributed by atoms with Gasteiger partial charge in [-0.1, -0.05) is 29.8 Å². The van der Waals surface area contributed by atoms with E-state index in [1.54, 1.807) is 6.20 Å². The quantitative estimate of drug-likeness (QED) is 0.442. The Bertz CT molecular complexity index is 1200. The number of rotatable bonds is 7. The summed E-state index contributed by atoms with van der Waals surface area (Å²) in [7, 11) is 8.25. The van der Waals surface area contributed by atoms with Gasteiger partial charge in [-0.3, -0.25) is 0 Å². The molecule has 2 aromatic carbocycles. The predicted molar refractivity (Wildman–Crippen MR) is 131 cm³/mol. The maximum absolute atomic E-state index is 6.57. The maximum atomic E-state index is 6.57. The number of hydrogen-bond donors (Lipinski definition) is 1. The van der Waals surface area contributed by atoms with Gasteiger partial charge in [0, 0.05) is 61.7 Å². The molecule has 31 heavy (non-hydrogen) atoms. The molecule has 0 aliphatic rings. The van der Waals surface area contributed by atoms with Crippen molar-refractivity contribution in [3.05, 3.63) is 65.9 Å². The first-order valence-corrected chi connectivity index (χ1v) is 10.6. The van der Waals surface area contributed by atoms with Crippen molar-refractivity contribution in [1.82, 2.24) is 19.4 Å². The van der Waals surface area contributed by atoms with Gasteiger partial charge in [0.15, 0.2) is 0 Å². The Labute approximate surface area is 188 Å². The molecule has 4 rings (SSSR count). The highest BCUT2D eigenvalue weighted by Crippen LogP contribution is 2.31. The molecular weight excluding hydrogens is 408 g/mol. The van der Waals surface area contributed by atoms with Crippen LogP contribution in [0.1, 0.15) is 0 Å². The Kier molecular flexibility index (Phi) is 6.11. The number of nitrogens with one attached hydrogen (secondary N) is 1. The normalized spacial score (nSPS) is 11.3. The predicted octanol–water partition coefficient (Wildman–Crippen LogP) is 5.03. The zero-order valence-electron chi connectivity index (χ0n) is 18.3. The highest BCUT2D eigenvalue weighted by atomic mass is 35.5. The molecule has 2 aromatic heterocycles. The molecule has 1 N–H and O–H groups in total. The summed E-state index contributed by atoms with van der Waals surface area (Å²) in [5.74, 6) is 0.515. The lowest BCUT2D eigenvalue weighted by molar-refractivity contribution is 0.416. The average molecular weight is 435 g/mol. The number of hydrogen-bond acceptors (Lipinski definition) is 5. The molecule has 0 radical (unpaired) electrons. The molecule has 7 heteroatoms. The van der Waals surface area contributed by atoms with Gasteiger partial charge >= 0.3 is 0 Å².